The van der Waals surface area contributed by atoms with Gasteiger partial charge >= 0.3 is 6.03 Å². The number of nitrogens with one attached hydrogen (secondary N) is 3. The van der Waals surface area contributed by atoms with Crippen LogP contribution in [0.15, 0.2) is 28.8 Å². The number of hydrogen-bond acceptors (Lipinski definition) is 4. The van der Waals surface area contributed by atoms with E-state index in [0.29, 0.717) is 28.4 Å². The number of carbonyl (C=O) groups excluding carboxylic acids is 2. The molecule has 0 atom stereocenters. The van der Waals surface area contributed by atoms with Crippen molar-refractivity contribution in [3.05, 3.63) is 41.3 Å². The van der Waals surface area contributed by atoms with Gasteiger partial charge in [0.25, 0.3) is 5.91 Å². The third kappa shape index (κ3) is 4.82. The monoisotopic (exact) mass is 344 g/mol. The van der Waals surface area contributed by atoms with E-state index in [-0.39, 0.29) is 23.9 Å². The Morgan fingerprint density at radius 2 is 1.56 bits per heavy atom. The van der Waals surface area contributed by atoms with Crippen LogP contribution in [-0.2, 0) is 0 Å². The van der Waals surface area contributed by atoms with Crippen LogP contribution in [0.25, 0.3) is 0 Å². The Kier molecular flexibility index (Phi) is 5.80. The first kappa shape index (κ1) is 18.5. The van der Waals surface area contributed by atoms with Gasteiger partial charge in [-0.15, -0.1) is 0 Å². The molecule has 2 rings (SSSR count). The van der Waals surface area contributed by atoms with Crippen LogP contribution in [0.1, 0.15) is 55.4 Å². The molecule has 1 heterocycles. The van der Waals surface area contributed by atoms with Crippen LogP contribution in [0, 0.1) is 6.92 Å². The summed E-state index contributed by atoms with van der Waals surface area (Å²) in [5.74, 6) is 0.368. The zero-order valence-corrected chi connectivity index (χ0v) is 15.1. The molecule has 0 fully saturated rings. The maximum atomic E-state index is 12.5. The lowest BCUT2D eigenvalue weighted by Gasteiger charge is -2.11. The predicted octanol–water partition coefficient (Wildman–Crippen LogP) is 3.89. The molecule has 3 amide bonds. The van der Waals surface area contributed by atoms with Crippen molar-refractivity contribution in [2.45, 2.75) is 46.6 Å². The molecule has 134 valence electrons. The predicted molar refractivity (Wildman–Crippen MR) is 97.0 cm³/mol. The largest absolute Gasteiger partial charge is 0.360 e. The lowest BCUT2D eigenvalue weighted by Crippen LogP contribution is -2.34. The first-order valence-corrected chi connectivity index (χ1v) is 8.23. The van der Waals surface area contributed by atoms with E-state index in [2.05, 4.69) is 21.1 Å². The lowest BCUT2D eigenvalue weighted by molar-refractivity contribution is 0.102. The van der Waals surface area contributed by atoms with Gasteiger partial charge in [-0.05, 0) is 45.0 Å². The molecule has 0 spiro atoms. The highest BCUT2D eigenvalue weighted by Gasteiger charge is 2.22. The van der Waals surface area contributed by atoms with Gasteiger partial charge in [0.2, 0.25) is 0 Å². The molecule has 3 N–H and O–H groups in total. The average Bonchev–Trinajstić information content (AvgIpc) is 2.90. The zero-order chi connectivity index (χ0) is 18.6. The average molecular weight is 344 g/mol. The number of aryl methyl sites for hydroxylation is 1. The van der Waals surface area contributed by atoms with E-state index in [1.165, 1.54) is 0 Å². The van der Waals surface area contributed by atoms with Crippen LogP contribution in [0.2, 0.25) is 0 Å². The minimum Gasteiger partial charge on any atom is -0.360 e. The summed E-state index contributed by atoms with van der Waals surface area (Å²) in [5.41, 5.74) is 2.29. The zero-order valence-electron chi connectivity index (χ0n) is 15.1. The topological polar surface area (TPSA) is 96.3 Å². The Bertz CT molecular complexity index is 748. The molecule has 1 aromatic carbocycles. The standard InChI is InChI=1S/C18H24N4O3/c1-10(2)16-15(12(5)22-25-16)17(23)20-13-6-8-14(9-7-13)21-18(24)19-11(3)4/h6-11H,1-5H3,(H,20,23)(H2,19,21,24). The van der Waals surface area contributed by atoms with Gasteiger partial charge in [-0.2, -0.15) is 0 Å². The molecule has 0 aliphatic rings. The second kappa shape index (κ2) is 7.83. The third-order valence-corrected chi connectivity index (χ3v) is 3.46. The number of rotatable bonds is 5. The van der Waals surface area contributed by atoms with Crippen LogP contribution in [0.5, 0.6) is 0 Å². The number of nitrogens with zero attached hydrogens (tertiary/aromatic N) is 1. The summed E-state index contributed by atoms with van der Waals surface area (Å²) in [4.78, 5) is 24.2. The Balaban J connectivity index is 2.05. The van der Waals surface area contributed by atoms with Crippen LogP contribution in [0.3, 0.4) is 0 Å². The molecule has 25 heavy (non-hydrogen) atoms. The number of carbonyl (C=O) groups is 2. The van der Waals surface area contributed by atoms with E-state index >= 15 is 0 Å². The van der Waals surface area contributed by atoms with Gasteiger partial charge in [-0.1, -0.05) is 19.0 Å². The minimum absolute atomic E-state index is 0.0560. The van der Waals surface area contributed by atoms with E-state index in [4.69, 9.17) is 4.52 Å². The van der Waals surface area contributed by atoms with Crippen molar-refractivity contribution in [2.24, 2.45) is 0 Å². The number of urea groups is 1. The fourth-order valence-electron chi connectivity index (χ4n) is 2.32. The summed E-state index contributed by atoms with van der Waals surface area (Å²) < 4.78 is 5.24. The van der Waals surface area contributed by atoms with Crippen LogP contribution < -0.4 is 16.0 Å². The van der Waals surface area contributed by atoms with Crippen molar-refractivity contribution in [1.82, 2.24) is 10.5 Å². The number of aromatic nitrogens is 1. The Morgan fingerprint density at radius 3 is 2.08 bits per heavy atom. The number of hydrogen-bond donors (Lipinski definition) is 3. The van der Waals surface area contributed by atoms with Crippen molar-refractivity contribution in [3.8, 4) is 0 Å². The quantitative estimate of drug-likeness (QED) is 0.766. The SMILES string of the molecule is Cc1noc(C(C)C)c1C(=O)Nc1ccc(NC(=O)NC(C)C)cc1. The molecule has 0 aliphatic heterocycles. The third-order valence-electron chi connectivity index (χ3n) is 3.46. The molecule has 0 saturated carbocycles. The lowest BCUT2D eigenvalue weighted by atomic mass is 10.0. The highest BCUT2D eigenvalue weighted by molar-refractivity contribution is 6.06. The summed E-state index contributed by atoms with van der Waals surface area (Å²) in [6.45, 7) is 9.40. The number of anilines is 2. The van der Waals surface area contributed by atoms with E-state index < -0.39 is 0 Å². The molecule has 1 aromatic heterocycles. The molecular weight excluding hydrogens is 320 g/mol. The molecule has 0 unspecified atom stereocenters. The molecule has 0 bridgehead atoms. The van der Waals surface area contributed by atoms with Crippen molar-refractivity contribution in [2.75, 3.05) is 10.6 Å². The van der Waals surface area contributed by atoms with Gasteiger partial charge < -0.3 is 20.5 Å². The molecule has 0 radical (unpaired) electrons. The van der Waals surface area contributed by atoms with Gasteiger partial charge in [0.1, 0.15) is 5.56 Å². The van der Waals surface area contributed by atoms with E-state index in [0.717, 1.165) is 0 Å². The summed E-state index contributed by atoms with van der Waals surface area (Å²) >= 11 is 0. The highest BCUT2D eigenvalue weighted by atomic mass is 16.5. The molecule has 2 aromatic rings. The van der Waals surface area contributed by atoms with E-state index in [9.17, 15) is 9.59 Å². The summed E-state index contributed by atoms with van der Waals surface area (Å²) in [6, 6.07) is 6.68. The maximum Gasteiger partial charge on any atom is 0.319 e. The van der Waals surface area contributed by atoms with Gasteiger partial charge in [0.05, 0.1) is 5.69 Å². The van der Waals surface area contributed by atoms with Crippen LogP contribution >= 0.6 is 0 Å². The summed E-state index contributed by atoms with van der Waals surface area (Å²) in [5, 5.41) is 12.2. The van der Waals surface area contributed by atoms with Crippen LogP contribution in [0.4, 0.5) is 16.2 Å². The molecular formula is C18H24N4O3. The van der Waals surface area contributed by atoms with Crippen molar-refractivity contribution < 1.29 is 14.1 Å². The van der Waals surface area contributed by atoms with Crippen molar-refractivity contribution in [1.29, 1.82) is 0 Å². The first-order chi connectivity index (χ1) is 11.8. The smallest absolute Gasteiger partial charge is 0.319 e. The minimum atomic E-state index is -0.270. The maximum absolute atomic E-state index is 12.5. The van der Waals surface area contributed by atoms with Gasteiger partial charge in [0, 0.05) is 23.3 Å². The van der Waals surface area contributed by atoms with Crippen LogP contribution in [-0.4, -0.2) is 23.1 Å². The highest BCUT2D eigenvalue weighted by Crippen LogP contribution is 2.23. The first-order valence-electron chi connectivity index (χ1n) is 8.23. The fourth-order valence-corrected chi connectivity index (χ4v) is 2.32. The van der Waals surface area contributed by atoms with E-state index in [1.807, 2.05) is 27.7 Å². The van der Waals surface area contributed by atoms with Gasteiger partial charge in [0.15, 0.2) is 5.76 Å². The Labute approximate surface area is 147 Å². The Morgan fingerprint density at radius 1 is 1.00 bits per heavy atom. The Hall–Kier alpha value is -2.83. The van der Waals surface area contributed by atoms with Gasteiger partial charge in [-0.25, -0.2) is 4.79 Å². The normalized spacial score (nSPS) is 10.8. The molecule has 7 nitrogen and oxygen atoms in total. The van der Waals surface area contributed by atoms with Crippen molar-refractivity contribution in [3.63, 3.8) is 0 Å². The summed E-state index contributed by atoms with van der Waals surface area (Å²) in [7, 11) is 0. The fraction of sp³-hybridized carbons (Fsp3) is 0.389. The number of amides is 3. The van der Waals surface area contributed by atoms with Gasteiger partial charge in [-0.3, -0.25) is 4.79 Å². The second-order valence-corrected chi connectivity index (χ2v) is 6.45. The van der Waals surface area contributed by atoms with Crippen molar-refractivity contribution >= 4 is 23.3 Å². The molecule has 7 heteroatoms. The molecule has 0 saturated heterocycles. The molecule has 0 aliphatic carbocycles. The number of benzene rings is 1. The second-order valence-electron chi connectivity index (χ2n) is 6.45. The summed E-state index contributed by atoms with van der Waals surface area (Å²) in [6.07, 6.45) is 0. The van der Waals surface area contributed by atoms with E-state index in [1.54, 1.807) is 31.2 Å².